The third-order valence-corrected chi connectivity index (χ3v) is 7.31. The highest BCUT2D eigenvalue weighted by Gasteiger charge is 2.24. The number of aryl methyl sites for hydroxylation is 1. The number of nitrogens with zero attached hydrogens (tertiary/aromatic N) is 3. The molecule has 0 unspecified atom stereocenters. The minimum atomic E-state index is -4.21. The van der Waals surface area contributed by atoms with E-state index >= 15 is 0 Å². The summed E-state index contributed by atoms with van der Waals surface area (Å²) in [6.45, 7) is 5.27. The molecule has 0 aliphatic carbocycles. The molecule has 0 saturated heterocycles. The first-order valence-corrected chi connectivity index (χ1v) is 13.3. The van der Waals surface area contributed by atoms with Crippen LogP contribution in [-0.2, 0) is 10.0 Å². The fourth-order valence-electron chi connectivity index (χ4n) is 4.02. The Morgan fingerprint density at radius 3 is 2.58 bits per heavy atom. The molecule has 1 atom stereocenters. The maximum Gasteiger partial charge on any atom is 0.259 e. The summed E-state index contributed by atoms with van der Waals surface area (Å²) >= 11 is 6.97. The molecule has 12 heteroatoms. The molecule has 3 aromatic heterocycles. The number of hydrogen-bond acceptors (Lipinski definition) is 9. The zero-order valence-electron chi connectivity index (χ0n) is 19.3. The van der Waals surface area contributed by atoms with Crippen molar-refractivity contribution in [1.29, 1.82) is 0 Å². The number of aromatic nitrogens is 3. The van der Waals surface area contributed by atoms with Crippen LogP contribution in [0.2, 0.25) is 5.15 Å². The minimum absolute atomic E-state index is 0.0431. The highest BCUT2D eigenvalue weighted by atomic mass is 35.5. The van der Waals surface area contributed by atoms with Crippen molar-refractivity contribution in [3.05, 3.63) is 74.5 Å². The van der Waals surface area contributed by atoms with Crippen molar-refractivity contribution < 1.29 is 17.6 Å². The van der Waals surface area contributed by atoms with E-state index in [0.29, 0.717) is 38.9 Å². The van der Waals surface area contributed by atoms with Gasteiger partial charge in [0.1, 0.15) is 33.6 Å². The van der Waals surface area contributed by atoms with E-state index in [1.165, 1.54) is 12.1 Å². The van der Waals surface area contributed by atoms with Crippen molar-refractivity contribution in [2.24, 2.45) is 5.14 Å². The molecule has 0 amide bonds. The van der Waals surface area contributed by atoms with Gasteiger partial charge in [0.25, 0.3) is 10.0 Å². The smallest absolute Gasteiger partial charge is 0.259 e. The van der Waals surface area contributed by atoms with Crippen molar-refractivity contribution in [2.75, 3.05) is 0 Å². The van der Waals surface area contributed by atoms with Crippen LogP contribution in [0.3, 0.4) is 0 Å². The van der Waals surface area contributed by atoms with Gasteiger partial charge in [-0.3, -0.25) is 4.79 Å². The van der Waals surface area contributed by atoms with Gasteiger partial charge >= 0.3 is 0 Å². The van der Waals surface area contributed by atoms with Crippen LogP contribution in [0.15, 0.2) is 56.7 Å². The van der Waals surface area contributed by atoms with Gasteiger partial charge in [0, 0.05) is 16.7 Å². The van der Waals surface area contributed by atoms with E-state index in [4.69, 9.17) is 25.9 Å². The van der Waals surface area contributed by atoms with E-state index in [1.807, 2.05) is 31.2 Å². The molecule has 0 bridgehead atoms. The zero-order chi connectivity index (χ0) is 25.8. The molecule has 3 heterocycles. The number of pyridine rings is 1. The molecule has 0 spiro atoms. The van der Waals surface area contributed by atoms with E-state index in [9.17, 15) is 13.2 Å². The molecule has 0 aliphatic rings. The normalized spacial score (nSPS) is 12.8. The lowest BCUT2D eigenvalue weighted by Crippen LogP contribution is -2.17. The van der Waals surface area contributed by atoms with Crippen LogP contribution in [0, 0.1) is 13.8 Å². The van der Waals surface area contributed by atoms with E-state index in [1.54, 1.807) is 19.9 Å². The SMILES string of the molecule is Cc1cc([C@@H](C)Oc2ccc(Cl)nc2S(N)(=O)=O)c2oc(-c3ccc4nsnc4c3)c(C)c(=O)c2c1. The lowest BCUT2D eigenvalue weighted by molar-refractivity contribution is 0.219. The Morgan fingerprint density at radius 2 is 1.83 bits per heavy atom. The summed E-state index contributed by atoms with van der Waals surface area (Å²) < 4.78 is 44.9. The summed E-state index contributed by atoms with van der Waals surface area (Å²) in [5, 5.41) is 5.17. The molecule has 0 aliphatic heterocycles. The van der Waals surface area contributed by atoms with E-state index in [0.717, 1.165) is 22.8 Å². The summed E-state index contributed by atoms with van der Waals surface area (Å²) in [6, 6.07) is 11.8. The van der Waals surface area contributed by atoms with Crippen molar-refractivity contribution in [1.82, 2.24) is 13.7 Å². The average molecular weight is 543 g/mol. The first-order valence-electron chi connectivity index (χ1n) is 10.7. The Hall–Kier alpha value is -3.38. The second kappa shape index (κ2) is 8.93. The number of nitrogens with two attached hydrogens (primary N) is 1. The highest BCUT2D eigenvalue weighted by molar-refractivity contribution is 7.89. The van der Waals surface area contributed by atoms with Crippen LogP contribution in [0.5, 0.6) is 5.75 Å². The van der Waals surface area contributed by atoms with Crippen LogP contribution in [0.4, 0.5) is 0 Å². The molecule has 0 radical (unpaired) electrons. The second-order valence-corrected chi connectivity index (χ2v) is 10.7. The summed E-state index contributed by atoms with van der Waals surface area (Å²) in [4.78, 5) is 17.2. The Morgan fingerprint density at radius 1 is 1.08 bits per heavy atom. The van der Waals surface area contributed by atoms with Crippen LogP contribution < -0.4 is 15.3 Å². The fraction of sp³-hybridized carbons (Fsp3) is 0.167. The molecular formula is C24H19ClN4O5S2. The topological polar surface area (TPSA) is 138 Å². The standard InChI is InChI=1S/C24H19ClN4O5S2/c1-11-8-15(13(3)33-19-6-7-20(25)27-24(19)36(26,31)32)23-16(9-11)21(30)12(2)22(34-23)14-4-5-17-18(10-14)29-35-28-17/h4-10,13H,1-3H3,(H2,26,31,32)/t13-/m1/s1. The largest absolute Gasteiger partial charge is 0.483 e. The number of fused-ring (bicyclic) bond motifs is 2. The average Bonchev–Trinajstić information content (AvgIpc) is 3.29. The maximum absolute atomic E-state index is 13.4. The van der Waals surface area contributed by atoms with E-state index < -0.39 is 21.2 Å². The summed E-state index contributed by atoms with van der Waals surface area (Å²) in [6.07, 6.45) is -0.736. The van der Waals surface area contributed by atoms with Gasteiger partial charge in [-0.05, 0) is 68.8 Å². The predicted octanol–water partition coefficient (Wildman–Crippen LogP) is 4.92. The monoisotopic (exact) mass is 542 g/mol. The summed E-state index contributed by atoms with van der Waals surface area (Å²) in [7, 11) is -4.21. The van der Waals surface area contributed by atoms with Gasteiger partial charge in [-0.1, -0.05) is 11.6 Å². The molecule has 0 saturated carbocycles. The van der Waals surface area contributed by atoms with Crippen molar-refractivity contribution >= 4 is 55.4 Å². The molecule has 2 N–H and O–H groups in total. The van der Waals surface area contributed by atoms with E-state index in [2.05, 4.69) is 13.7 Å². The van der Waals surface area contributed by atoms with Crippen molar-refractivity contribution in [3.8, 4) is 17.1 Å². The van der Waals surface area contributed by atoms with E-state index in [-0.39, 0.29) is 16.3 Å². The van der Waals surface area contributed by atoms with Crippen molar-refractivity contribution in [2.45, 2.75) is 31.9 Å². The van der Waals surface area contributed by atoms with Crippen LogP contribution in [-0.4, -0.2) is 22.1 Å². The minimum Gasteiger partial charge on any atom is -0.483 e. The lowest BCUT2D eigenvalue weighted by atomic mass is 10.00. The van der Waals surface area contributed by atoms with Crippen LogP contribution in [0.25, 0.3) is 33.3 Å². The first kappa shape index (κ1) is 24.3. The number of rotatable bonds is 5. The number of ether oxygens (including phenoxy) is 1. The fourth-order valence-corrected chi connectivity index (χ4v) is 5.36. The third-order valence-electron chi connectivity index (χ3n) is 5.71. The number of sulfonamides is 1. The highest BCUT2D eigenvalue weighted by Crippen LogP contribution is 2.34. The summed E-state index contributed by atoms with van der Waals surface area (Å²) in [5.74, 6) is 0.332. The number of primary sulfonamides is 1. The third kappa shape index (κ3) is 4.35. The van der Waals surface area contributed by atoms with Gasteiger partial charge in [-0.15, -0.1) is 0 Å². The molecular weight excluding hydrogens is 524 g/mol. The molecule has 0 fully saturated rings. The molecule has 2 aromatic carbocycles. The quantitative estimate of drug-likeness (QED) is 0.309. The maximum atomic E-state index is 13.4. The molecule has 36 heavy (non-hydrogen) atoms. The first-order chi connectivity index (χ1) is 17.0. The predicted molar refractivity (Wildman–Crippen MR) is 138 cm³/mol. The Balaban J connectivity index is 1.68. The Labute approximate surface area is 214 Å². The summed E-state index contributed by atoms with van der Waals surface area (Å²) in [5.41, 5.74) is 4.10. The number of halogens is 1. The van der Waals surface area contributed by atoms with Gasteiger partial charge in [0.15, 0.2) is 11.2 Å². The zero-order valence-corrected chi connectivity index (χ0v) is 21.7. The molecule has 5 aromatic rings. The number of hydrogen-bond donors (Lipinski definition) is 1. The van der Waals surface area contributed by atoms with Gasteiger partial charge in [-0.25, -0.2) is 18.5 Å². The van der Waals surface area contributed by atoms with Gasteiger partial charge < -0.3 is 9.15 Å². The van der Waals surface area contributed by atoms with Gasteiger partial charge in [0.05, 0.1) is 17.1 Å². The van der Waals surface area contributed by atoms with Crippen LogP contribution >= 0.6 is 23.3 Å². The molecule has 9 nitrogen and oxygen atoms in total. The van der Waals surface area contributed by atoms with Gasteiger partial charge in [0.2, 0.25) is 5.03 Å². The lowest BCUT2D eigenvalue weighted by Gasteiger charge is -2.19. The molecule has 184 valence electrons. The Kier molecular flexibility index (Phi) is 6.03. The van der Waals surface area contributed by atoms with Gasteiger partial charge in [-0.2, -0.15) is 8.75 Å². The van der Waals surface area contributed by atoms with Crippen LogP contribution in [0.1, 0.15) is 29.7 Å². The second-order valence-electron chi connectivity index (χ2n) is 8.33. The molecule has 5 rings (SSSR count). The Bertz CT molecular complexity index is 1830. The number of benzene rings is 2. The van der Waals surface area contributed by atoms with Crippen molar-refractivity contribution in [3.63, 3.8) is 0 Å².